The molecular formula is C13H17O3-. The predicted octanol–water partition coefficient (Wildman–Crippen LogP) is 1.55. The third kappa shape index (κ3) is 4.82. The van der Waals surface area contributed by atoms with Crippen LogP contribution in [0.4, 0.5) is 0 Å². The van der Waals surface area contributed by atoms with Gasteiger partial charge in [0.2, 0.25) is 0 Å². The van der Waals surface area contributed by atoms with Gasteiger partial charge in [0.05, 0.1) is 6.61 Å². The number of hydrogen-bond acceptors (Lipinski definition) is 3. The molecule has 0 spiro atoms. The molecule has 0 amide bonds. The van der Waals surface area contributed by atoms with Gasteiger partial charge >= 0.3 is 0 Å². The molecule has 0 saturated carbocycles. The highest BCUT2D eigenvalue weighted by Crippen LogP contribution is 2.13. The molecule has 3 nitrogen and oxygen atoms in total. The summed E-state index contributed by atoms with van der Waals surface area (Å²) in [5.41, 5.74) is 0.737. The van der Waals surface area contributed by atoms with Crippen LogP contribution in [0, 0.1) is 0 Å². The summed E-state index contributed by atoms with van der Waals surface area (Å²) in [4.78, 5) is 10.4. The molecule has 0 atom stereocenters. The Hall–Kier alpha value is -1.51. The standard InChI is InChI=1S/C13H18O3/c1-2-3-4-9-16-12-7-5-11(6-8-12)10-13(14)15/h5-8H,2-4,9-10H2,1H3,(H,14,15)/p-1. The van der Waals surface area contributed by atoms with E-state index in [4.69, 9.17) is 4.74 Å². The van der Waals surface area contributed by atoms with E-state index in [1.165, 1.54) is 12.8 Å². The number of carboxylic acids is 1. The summed E-state index contributed by atoms with van der Waals surface area (Å²) in [6.45, 7) is 2.86. The summed E-state index contributed by atoms with van der Waals surface area (Å²) in [7, 11) is 0. The molecule has 0 heterocycles. The van der Waals surface area contributed by atoms with Crippen molar-refractivity contribution >= 4 is 5.97 Å². The van der Waals surface area contributed by atoms with Crippen LogP contribution >= 0.6 is 0 Å². The number of aliphatic carboxylic acids is 1. The smallest absolute Gasteiger partial charge is 0.119 e. The molecule has 0 N–H and O–H groups in total. The Labute approximate surface area is 96.1 Å². The van der Waals surface area contributed by atoms with Crippen molar-refractivity contribution in [3.63, 3.8) is 0 Å². The predicted molar refractivity (Wildman–Crippen MR) is 60.2 cm³/mol. The fourth-order valence-corrected chi connectivity index (χ4v) is 1.41. The van der Waals surface area contributed by atoms with Crippen molar-refractivity contribution in [3.05, 3.63) is 29.8 Å². The number of rotatable bonds is 7. The number of benzene rings is 1. The fraction of sp³-hybridized carbons (Fsp3) is 0.462. The van der Waals surface area contributed by atoms with Crippen LogP contribution in [0.25, 0.3) is 0 Å². The normalized spacial score (nSPS) is 10.1. The van der Waals surface area contributed by atoms with Crippen LogP contribution in [-0.2, 0) is 11.2 Å². The van der Waals surface area contributed by atoms with Crippen molar-refractivity contribution < 1.29 is 14.6 Å². The van der Waals surface area contributed by atoms with Gasteiger partial charge in [0.1, 0.15) is 5.75 Å². The first-order chi connectivity index (χ1) is 7.72. The molecule has 0 aliphatic carbocycles. The molecule has 1 aromatic carbocycles. The first-order valence-corrected chi connectivity index (χ1v) is 5.64. The molecule has 0 radical (unpaired) electrons. The molecule has 16 heavy (non-hydrogen) atoms. The SMILES string of the molecule is CCCCCOc1ccc(CC(=O)[O-])cc1. The van der Waals surface area contributed by atoms with Crippen molar-refractivity contribution in [2.24, 2.45) is 0 Å². The lowest BCUT2D eigenvalue weighted by Crippen LogP contribution is -2.24. The van der Waals surface area contributed by atoms with E-state index in [-0.39, 0.29) is 6.42 Å². The zero-order chi connectivity index (χ0) is 11.8. The molecule has 0 aliphatic heterocycles. The van der Waals surface area contributed by atoms with Crippen LogP contribution in [0.2, 0.25) is 0 Å². The minimum atomic E-state index is -1.06. The summed E-state index contributed by atoms with van der Waals surface area (Å²) in [6.07, 6.45) is 3.35. The molecule has 0 fully saturated rings. The van der Waals surface area contributed by atoms with E-state index in [2.05, 4.69) is 6.92 Å². The topological polar surface area (TPSA) is 49.4 Å². The summed E-state index contributed by atoms with van der Waals surface area (Å²) in [5.74, 6) is -0.269. The van der Waals surface area contributed by atoms with E-state index < -0.39 is 5.97 Å². The van der Waals surface area contributed by atoms with E-state index in [1.807, 2.05) is 0 Å². The van der Waals surface area contributed by atoms with Crippen molar-refractivity contribution in [3.8, 4) is 5.75 Å². The van der Waals surface area contributed by atoms with E-state index in [1.54, 1.807) is 24.3 Å². The summed E-state index contributed by atoms with van der Waals surface area (Å²) >= 11 is 0. The van der Waals surface area contributed by atoms with Gasteiger partial charge in [0, 0.05) is 12.4 Å². The van der Waals surface area contributed by atoms with Gasteiger partial charge in [-0.05, 0) is 24.1 Å². The molecule has 0 saturated heterocycles. The fourth-order valence-electron chi connectivity index (χ4n) is 1.41. The molecule has 88 valence electrons. The second-order valence-electron chi connectivity index (χ2n) is 3.75. The Kier molecular flexibility index (Phi) is 5.40. The Bertz CT molecular complexity index is 316. The van der Waals surface area contributed by atoms with Crippen LogP contribution < -0.4 is 9.84 Å². The second-order valence-corrected chi connectivity index (χ2v) is 3.75. The zero-order valence-corrected chi connectivity index (χ0v) is 9.57. The van der Waals surface area contributed by atoms with Gasteiger partial charge in [-0.25, -0.2) is 0 Å². The third-order valence-corrected chi connectivity index (χ3v) is 2.29. The molecule has 3 heteroatoms. The summed E-state index contributed by atoms with van der Waals surface area (Å²) in [5, 5.41) is 10.4. The minimum Gasteiger partial charge on any atom is -0.550 e. The Morgan fingerprint density at radius 2 is 1.94 bits per heavy atom. The summed E-state index contributed by atoms with van der Waals surface area (Å²) in [6, 6.07) is 7.10. The van der Waals surface area contributed by atoms with Crippen LogP contribution in [0.15, 0.2) is 24.3 Å². The highest BCUT2D eigenvalue weighted by molar-refractivity contribution is 5.67. The van der Waals surface area contributed by atoms with Gasteiger partial charge in [0.15, 0.2) is 0 Å². The van der Waals surface area contributed by atoms with Crippen LogP contribution in [0.3, 0.4) is 0 Å². The quantitative estimate of drug-likeness (QED) is 0.656. The molecule has 0 aliphatic rings. The molecule has 0 unspecified atom stereocenters. The minimum absolute atomic E-state index is 0.0455. The molecule has 1 rings (SSSR count). The van der Waals surface area contributed by atoms with Gasteiger partial charge in [-0.2, -0.15) is 0 Å². The zero-order valence-electron chi connectivity index (χ0n) is 9.57. The Morgan fingerprint density at radius 3 is 2.50 bits per heavy atom. The van der Waals surface area contributed by atoms with Crippen LogP contribution in [-0.4, -0.2) is 12.6 Å². The Morgan fingerprint density at radius 1 is 1.25 bits per heavy atom. The average molecular weight is 221 g/mol. The van der Waals surface area contributed by atoms with Crippen molar-refractivity contribution in [2.45, 2.75) is 32.6 Å². The number of ether oxygens (including phenoxy) is 1. The van der Waals surface area contributed by atoms with Crippen LogP contribution in [0.1, 0.15) is 31.7 Å². The monoisotopic (exact) mass is 221 g/mol. The van der Waals surface area contributed by atoms with Crippen molar-refractivity contribution in [2.75, 3.05) is 6.61 Å². The number of carbonyl (C=O) groups is 1. The molecule has 1 aromatic rings. The lowest BCUT2D eigenvalue weighted by Gasteiger charge is -2.07. The lowest BCUT2D eigenvalue weighted by molar-refractivity contribution is -0.304. The second kappa shape index (κ2) is 6.88. The maximum Gasteiger partial charge on any atom is 0.119 e. The lowest BCUT2D eigenvalue weighted by atomic mass is 10.1. The highest BCUT2D eigenvalue weighted by Gasteiger charge is 1.96. The number of carboxylic acid groups (broad SMARTS) is 1. The molecular weight excluding hydrogens is 204 g/mol. The van der Waals surface area contributed by atoms with Gasteiger partial charge < -0.3 is 14.6 Å². The van der Waals surface area contributed by atoms with Crippen molar-refractivity contribution in [1.29, 1.82) is 0 Å². The number of hydrogen-bond donors (Lipinski definition) is 0. The van der Waals surface area contributed by atoms with Gasteiger partial charge in [-0.15, -0.1) is 0 Å². The third-order valence-electron chi connectivity index (χ3n) is 2.29. The first kappa shape index (κ1) is 12.6. The van der Waals surface area contributed by atoms with E-state index in [9.17, 15) is 9.90 Å². The van der Waals surface area contributed by atoms with E-state index in [0.29, 0.717) is 6.61 Å². The maximum absolute atomic E-state index is 10.4. The number of carbonyl (C=O) groups excluding carboxylic acids is 1. The average Bonchev–Trinajstić information content (AvgIpc) is 2.26. The largest absolute Gasteiger partial charge is 0.550 e. The Balaban J connectivity index is 2.36. The van der Waals surface area contributed by atoms with Crippen LogP contribution in [0.5, 0.6) is 5.75 Å². The highest BCUT2D eigenvalue weighted by atomic mass is 16.5. The maximum atomic E-state index is 10.4. The molecule has 0 bridgehead atoms. The van der Waals surface area contributed by atoms with E-state index >= 15 is 0 Å². The van der Waals surface area contributed by atoms with Gasteiger partial charge in [-0.3, -0.25) is 0 Å². The van der Waals surface area contributed by atoms with Gasteiger partial charge in [0.25, 0.3) is 0 Å². The first-order valence-electron chi connectivity index (χ1n) is 5.64. The molecule has 0 aromatic heterocycles. The summed E-state index contributed by atoms with van der Waals surface area (Å²) < 4.78 is 5.50. The van der Waals surface area contributed by atoms with Gasteiger partial charge in [-0.1, -0.05) is 31.9 Å². The van der Waals surface area contributed by atoms with E-state index in [0.717, 1.165) is 17.7 Å². The van der Waals surface area contributed by atoms with Crippen molar-refractivity contribution in [1.82, 2.24) is 0 Å². The number of unbranched alkanes of at least 4 members (excludes halogenated alkanes) is 2.